The summed E-state index contributed by atoms with van der Waals surface area (Å²) in [6.45, 7) is 0. The Labute approximate surface area is 272 Å². The molecule has 1 nitrogen and oxygen atoms in total. The molecule has 0 amide bonds. The molecule has 0 N–H and O–H groups in total. The summed E-state index contributed by atoms with van der Waals surface area (Å²) in [6, 6.07) is 36.2. The van der Waals surface area contributed by atoms with E-state index in [9.17, 15) is 0 Å². The Morgan fingerprint density at radius 2 is 0.756 bits per heavy atom. The lowest BCUT2D eigenvalue weighted by Crippen LogP contribution is -1.90. The zero-order chi connectivity index (χ0) is 36.7. The monoisotopic (exact) mass is 580 g/mol. The van der Waals surface area contributed by atoms with Crippen molar-refractivity contribution in [2.75, 3.05) is 0 Å². The second kappa shape index (κ2) is 10.4. The van der Waals surface area contributed by atoms with E-state index in [-0.39, 0.29) is 45.7 Å². The zero-order valence-electron chi connectivity index (χ0n) is 32.0. The fourth-order valence-electron chi connectivity index (χ4n) is 6.40. The number of hydrogen-bond acceptors (Lipinski definition) is 1. The first-order chi connectivity index (χ1) is 25.6. The van der Waals surface area contributed by atoms with Crippen LogP contribution >= 0.6 is 0 Å². The van der Waals surface area contributed by atoms with E-state index >= 15 is 0 Å². The third-order valence-electron chi connectivity index (χ3n) is 8.54. The average Bonchev–Trinajstić information content (AvgIpc) is 3.58. The summed E-state index contributed by atoms with van der Waals surface area (Å²) >= 11 is 0. The summed E-state index contributed by atoms with van der Waals surface area (Å²) in [5.41, 5.74) is 7.52. The molecule has 0 aliphatic rings. The number of fused-ring (bicyclic) bond motifs is 5. The highest BCUT2D eigenvalue weighted by Crippen LogP contribution is 2.44. The van der Waals surface area contributed by atoms with Crippen LogP contribution < -0.4 is 0 Å². The van der Waals surface area contributed by atoms with Crippen molar-refractivity contribution in [3.63, 3.8) is 0 Å². The smallest absolute Gasteiger partial charge is 0.135 e. The minimum Gasteiger partial charge on any atom is -0.456 e. The Morgan fingerprint density at radius 3 is 1.33 bits per heavy atom. The van der Waals surface area contributed by atoms with Crippen LogP contribution in [0.15, 0.2) is 174 Å². The Kier molecular flexibility index (Phi) is 4.30. The molecule has 9 aromatic rings. The van der Waals surface area contributed by atoms with E-state index in [1.54, 1.807) is 24.3 Å². The predicted molar refractivity (Wildman–Crippen MR) is 190 cm³/mol. The third kappa shape index (κ3) is 4.24. The van der Waals surface area contributed by atoms with Crippen LogP contribution in [0.4, 0.5) is 0 Å². The van der Waals surface area contributed by atoms with E-state index in [1.165, 1.54) is 0 Å². The van der Waals surface area contributed by atoms with Gasteiger partial charge in [-0.05, 0) is 84.3 Å². The van der Waals surface area contributed by atoms with Gasteiger partial charge >= 0.3 is 0 Å². The Hall–Kier alpha value is -5.92. The van der Waals surface area contributed by atoms with Gasteiger partial charge in [-0.2, -0.15) is 0 Å². The summed E-state index contributed by atoms with van der Waals surface area (Å²) in [5.74, 6) is 0. The van der Waals surface area contributed by atoms with Crippen LogP contribution in [0.5, 0.6) is 0 Å². The first-order valence-corrected chi connectivity index (χ1v) is 14.8. The maximum absolute atomic E-state index is 9.13. The molecule has 0 bridgehead atoms. The molecule has 1 heteroatoms. The molecule has 0 atom stereocenters. The molecule has 0 saturated carbocycles. The largest absolute Gasteiger partial charge is 0.456 e. The molecule has 0 aliphatic heterocycles. The van der Waals surface area contributed by atoms with Gasteiger partial charge in [-0.3, -0.25) is 0 Å². The number of furan rings is 1. The molecule has 0 spiro atoms. The maximum Gasteiger partial charge on any atom is 0.135 e. The highest BCUT2D eigenvalue weighted by atomic mass is 16.3. The van der Waals surface area contributed by atoms with Gasteiger partial charge in [0.25, 0.3) is 0 Å². The normalized spacial score (nSPS) is 14.0. The van der Waals surface area contributed by atoms with Crippen molar-refractivity contribution in [3.05, 3.63) is 170 Å². The van der Waals surface area contributed by atoms with Crippen LogP contribution in [0.2, 0.25) is 0 Å². The highest BCUT2D eigenvalue weighted by Gasteiger charge is 2.16. The Balaban J connectivity index is 1.22. The first-order valence-electron chi connectivity index (χ1n) is 18.8. The quantitative estimate of drug-likeness (QED) is 0.189. The minimum atomic E-state index is -0.417. The van der Waals surface area contributed by atoms with Crippen LogP contribution in [0.25, 0.3) is 88.0 Å². The molecule has 1 aromatic heterocycles. The van der Waals surface area contributed by atoms with Gasteiger partial charge in [0.15, 0.2) is 0 Å². The summed E-state index contributed by atoms with van der Waals surface area (Å²) in [5, 5.41) is 2.94. The van der Waals surface area contributed by atoms with Gasteiger partial charge in [-0.25, -0.2) is 0 Å². The van der Waals surface area contributed by atoms with Crippen molar-refractivity contribution >= 4 is 43.5 Å². The van der Waals surface area contributed by atoms with Gasteiger partial charge in [-0.1, -0.05) is 151 Å². The van der Waals surface area contributed by atoms with Crippen LogP contribution in [0.1, 0.15) is 11.0 Å². The average molecular weight is 581 g/mol. The number of benzene rings is 8. The lowest BCUT2D eigenvalue weighted by atomic mass is 9.86. The van der Waals surface area contributed by atoms with Crippen LogP contribution in [0, 0.1) is 0 Å². The second-order valence-corrected chi connectivity index (χ2v) is 11.1. The highest BCUT2D eigenvalue weighted by molar-refractivity contribution is 6.21. The van der Waals surface area contributed by atoms with E-state index in [0.29, 0.717) is 22.3 Å². The van der Waals surface area contributed by atoms with Gasteiger partial charge in [0.1, 0.15) is 11.2 Å². The minimum absolute atomic E-state index is 0.201. The molecular formula is C44H28O. The summed E-state index contributed by atoms with van der Waals surface area (Å²) in [6.07, 6.45) is 0. The van der Waals surface area contributed by atoms with Gasteiger partial charge in [0, 0.05) is 10.8 Å². The van der Waals surface area contributed by atoms with E-state index in [2.05, 4.69) is 30.3 Å². The lowest BCUT2D eigenvalue weighted by molar-refractivity contribution is 0.669. The second-order valence-electron chi connectivity index (χ2n) is 11.1. The number of rotatable bonds is 4. The third-order valence-corrected chi connectivity index (χ3v) is 8.54. The van der Waals surface area contributed by atoms with Crippen molar-refractivity contribution in [1.29, 1.82) is 0 Å². The molecule has 45 heavy (non-hydrogen) atoms. The summed E-state index contributed by atoms with van der Waals surface area (Å²) in [7, 11) is 0. The van der Waals surface area contributed by atoms with Crippen molar-refractivity contribution in [1.82, 2.24) is 0 Å². The SMILES string of the molecule is [2H]c1c([2H])c([2H])c2c(-c3ccc(-c4ccc(-c5ccc6oc7ccccc7c6c5)cc4)cc3)c3c([2H])c([2H])c([2H])c([2H])c3c(-c3ccccc3)c2c1[2H]. The fourth-order valence-corrected chi connectivity index (χ4v) is 6.40. The van der Waals surface area contributed by atoms with E-state index in [0.717, 1.165) is 44.2 Å². The predicted octanol–water partition coefficient (Wildman–Crippen LogP) is 12.6. The van der Waals surface area contributed by atoms with E-state index in [1.807, 2.05) is 66.7 Å². The van der Waals surface area contributed by atoms with Crippen LogP contribution in [0.3, 0.4) is 0 Å². The van der Waals surface area contributed by atoms with Crippen molar-refractivity contribution in [2.45, 2.75) is 0 Å². The maximum atomic E-state index is 9.13. The van der Waals surface area contributed by atoms with Crippen LogP contribution in [-0.4, -0.2) is 0 Å². The Bertz CT molecular complexity index is 2870. The zero-order valence-corrected chi connectivity index (χ0v) is 24.0. The molecular weight excluding hydrogens is 544 g/mol. The fraction of sp³-hybridized carbons (Fsp3) is 0. The van der Waals surface area contributed by atoms with Crippen molar-refractivity contribution in [2.24, 2.45) is 0 Å². The standard InChI is InChI=1S/C44H28O/c1-2-10-32(11-3-1)43-36-13-4-6-15-38(36)44(39-16-7-5-14-37(39)43)33-24-22-30(23-25-33)29-18-20-31(21-19-29)34-26-27-42-40(28-34)35-12-8-9-17-41(35)45-42/h1-28H/i4D,5D,6D,7D,13D,14D,15D,16D. The number of hydrogen-bond donors (Lipinski definition) is 0. The van der Waals surface area contributed by atoms with Gasteiger partial charge < -0.3 is 4.42 Å². The van der Waals surface area contributed by atoms with E-state index < -0.39 is 24.2 Å². The van der Waals surface area contributed by atoms with Crippen molar-refractivity contribution in [3.8, 4) is 44.5 Å². The molecule has 0 fully saturated rings. The Morgan fingerprint density at radius 1 is 0.333 bits per heavy atom. The molecule has 9 rings (SSSR count). The topological polar surface area (TPSA) is 13.1 Å². The van der Waals surface area contributed by atoms with Gasteiger partial charge in [0.2, 0.25) is 0 Å². The lowest BCUT2D eigenvalue weighted by Gasteiger charge is -2.18. The van der Waals surface area contributed by atoms with E-state index in [4.69, 9.17) is 15.4 Å². The molecule has 0 radical (unpaired) electrons. The first kappa shape index (κ1) is 18.7. The van der Waals surface area contributed by atoms with Crippen molar-refractivity contribution < 1.29 is 15.4 Å². The molecule has 0 aliphatic carbocycles. The summed E-state index contributed by atoms with van der Waals surface area (Å²) < 4.78 is 76.8. The molecule has 210 valence electrons. The molecule has 0 saturated heterocycles. The van der Waals surface area contributed by atoms with Gasteiger partial charge in [0.05, 0.1) is 11.0 Å². The van der Waals surface area contributed by atoms with Gasteiger partial charge in [-0.15, -0.1) is 0 Å². The molecule has 0 unspecified atom stereocenters. The molecule has 1 heterocycles. The van der Waals surface area contributed by atoms with Crippen LogP contribution in [-0.2, 0) is 0 Å². The number of para-hydroxylation sites is 1. The summed E-state index contributed by atoms with van der Waals surface area (Å²) in [4.78, 5) is 0. The molecule has 8 aromatic carbocycles.